The smallest absolute Gasteiger partial charge is 0.126 e. The molecular weight excluding hydrogens is 320 g/mol. The second-order valence-electron chi connectivity index (χ2n) is 3.62. The fourth-order valence-corrected chi connectivity index (χ4v) is 2.84. The van der Waals surface area contributed by atoms with Crippen molar-refractivity contribution in [1.82, 2.24) is 0 Å². The van der Waals surface area contributed by atoms with E-state index < -0.39 is 0 Å². The molecule has 0 bridgehead atoms. The molecule has 1 atom stereocenters. The van der Waals surface area contributed by atoms with Crippen LogP contribution in [0.3, 0.4) is 0 Å². The van der Waals surface area contributed by atoms with Crippen molar-refractivity contribution in [3.8, 4) is 5.75 Å². The summed E-state index contributed by atoms with van der Waals surface area (Å²) >= 11 is 7.28. The summed E-state index contributed by atoms with van der Waals surface area (Å²) in [7, 11) is 1.73. The SMILES string of the molecule is CCC(Br)c1c(C)c(Br)cc(C)c1OC. The molecule has 0 fully saturated rings. The second-order valence-corrected chi connectivity index (χ2v) is 5.58. The quantitative estimate of drug-likeness (QED) is 0.712. The first-order valence-corrected chi connectivity index (χ1v) is 6.71. The van der Waals surface area contributed by atoms with Crippen molar-refractivity contribution in [2.24, 2.45) is 0 Å². The van der Waals surface area contributed by atoms with Crippen molar-refractivity contribution in [3.05, 3.63) is 27.2 Å². The Balaban J connectivity index is 3.43. The molecule has 1 unspecified atom stereocenters. The first kappa shape index (κ1) is 13.0. The highest BCUT2D eigenvalue weighted by atomic mass is 79.9. The topological polar surface area (TPSA) is 9.23 Å². The standard InChI is InChI=1S/C12H16Br2O/c1-5-9(13)11-8(3)10(14)6-7(2)12(11)15-4/h6,9H,5H2,1-4H3. The summed E-state index contributed by atoms with van der Waals surface area (Å²) in [6.45, 7) is 6.35. The number of alkyl halides is 1. The number of hydrogen-bond acceptors (Lipinski definition) is 1. The monoisotopic (exact) mass is 334 g/mol. The van der Waals surface area contributed by atoms with Gasteiger partial charge < -0.3 is 4.74 Å². The van der Waals surface area contributed by atoms with E-state index in [1.165, 1.54) is 16.7 Å². The van der Waals surface area contributed by atoms with Gasteiger partial charge in [-0.2, -0.15) is 0 Å². The molecule has 0 radical (unpaired) electrons. The summed E-state index contributed by atoms with van der Waals surface area (Å²) in [5.74, 6) is 0.999. The molecule has 1 aromatic carbocycles. The van der Waals surface area contributed by atoms with E-state index in [-0.39, 0.29) is 0 Å². The molecule has 0 aromatic heterocycles. The highest BCUT2D eigenvalue weighted by Gasteiger charge is 2.18. The van der Waals surface area contributed by atoms with Crippen LogP contribution >= 0.6 is 31.9 Å². The average molecular weight is 336 g/mol. The van der Waals surface area contributed by atoms with Crippen LogP contribution in [0.5, 0.6) is 5.75 Å². The Morgan fingerprint density at radius 3 is 2.47 bits per heavy atom. The highest BCUT2D eigenvalue weighted by molar-refractivity contribution is 9.10. The van der Waals surface area contributed by atoms with E-state index in [0.29, 0.717) is 4.83 Å². The zero-order valence-electron chi connectivity index (χ0n) is 9.53. The number of ether oxygens (including phenoxy) is 1. The Morgan fingerprint density at radius 1 is 1.40 bits per heavy atom. The van der Waals surface area contributed by atoms with E-state index in [0.717, 1.165) is 16.6 Å². The van der Waals surface area contributed by atoms with E-state index in [2.05, 4.69) is 58.7 Å². The van der Waals surface area contributed by atoms with Crippen LogP contribution in [0.25, 0.3) is 0 Å². The van der Waals surface area contributed by atoms with Crippen LogP contribution in [0.1, 0.15) is 34.9 Å². The van der Waals surface area contributed by atoms with Crippen molar-refractivity contribution >= 4 is 31.9 Å². The third-order valence-corrected chi connectivity index (χ3v) is 4.51. The zero-order chi connectivity index (χ0) is 11.6. The van der Waals surface area contributed by atoms with Gasteiger partial charge in [-0.1, -0.05) is 38.8 Å². The van der Waals surface area contributed by atoms with Gasteiger partial charge in [0.1, 0.15) is 5.75 Å². The minimum atomic E-state index is 0.351. The van der Waals surface area contributed by atoms with Crippen LogP contribution in [0.2, 0.25) is 0 Å². The van der Waals surface area contributed by atoms with Gasteiger partial charge in [0.05, 0.1) is 7.11 Å². The van der Waals surface area contributed by atoms with E-state index in [1.54, 1.807) is 7.11 Å². The molecule has 15 heavy (non-hydrogen) atoms. The van der Waals surface area contributed by atoms with Gasteiger partial charge in [0.2, 0.25) is 0 Å². The van der Waals surface area contributed by atoms with Crippen molar-refractivity contribution in [2.75, 3.05) is 7.11 Å². The predicted octanol–water partition coefficient (Wildman–Crippen LogP) is 4.92. The molecule has 1 rings (SSSR count). The van der Waals surface area contributed by atoms with Crippen LogP contribution in [0, 0.1) is 13.8 Å². The van der Waals surface area contributed by atoms with E-state index in [1.807, 2.05) is 0 Å². The molecule has 0 spiro atoms. The minimum Gasteiger partial charge on any atom is -0.496 e. The Bertz CT molecular complexity index is 361. The number of halogens is 2. The van der Waals surface area contributed by atoms with Crippen molar-refractivity contribution in [2.45, 2.75) is 32.0 Å². The molecule has 1 aromatic rings. The van der Waals surface area contributed by atoms with Gasteiger partial charge >= 0.3 is 0 Å². The molecule has 0 heterocycles. The summed E-state index contributed by atoms with van der Waals surface area (Å²) in [6, 6.07) is 2.10. The van der Waals surface area contributed by atoms with Crippen molar-refractivity contribution in [1.29, 1.82) is 0 Å². The number of rotatable bonds is 3. The molecule has 0 amide bonds. The van der Waals surface area contributed by atoms with Crippen LogP contribution in [0.4, 0.5) is 0 Å². The maximum absolute atomic E-state index is 5.48. The van der Waals surface area contributed by atoms with Gasteiger partial charge in [-0.15, -0.1) is 0 Å². The van der Waals surface area contributed by atoms with Crippen molar-refractivity contribution < 1.29 is 4.74 Å². The summed E-state index contributed by atoms with van der Waals surface area (Å²) in [4.78, 5) is 0.351. The lowest BCUT2D eigenvalue weighted by Gasteiger charge is -2.19. The first-order valence-electron chi connectivity index (χ1n) is 5.00. The lowest BCUT2D eigenvalue weighted by Crippen LogP contribution is -2.00. The molecule has 0 aliphatic carbocycles. The maximum Gasteiger partial charge on any atom is 0.126 e. The molecular formula is C12H16Br2O. The van der Waals surface area contributed by atoms with Crippen LogP contribution in [-0.4, -0.2) is 7.11 Å². The molecule has 1 nitrogen and oxygen atoms in total. The second kappa shape index (κ2) is 5.35. The van der Waals surface area contributed by atoms with Crippen LogP contribution < -0.4 is 4.74 Å². The molecule has 0 N–H and O–H groups in total. The predicted molar refractivity (Wildman–Crippen MR) is 72.1 cm³/mol. The molecule has 0 saturated carbocycles. The van der Waals surface area contributed by atoms with Gasteiger partial charge in [-0.3, -0.25) is 0 Å². The van der Waals surface area contributed by atoms with E-state index >= 15 is 0 Å². The van der Waals surface area contributed by atoms with E-state index in [9.17, 15) is 0 Å². The van der Waals surface area contributed by atoms with E-state index in [4.69, 9.17) is 4.74 Å². The minimum absolute atomic E-state index is 0.351. The Hall–Kier alpha value is -0.0200. The summed E-state index contributed by atoms with van der Waals surface area (Å²) in [5.41, 5.74) is 3.68. The largest absolute Gasteiger partial charge is 0.496 e. The number of benzene rings is 1. The number of hydrogen-bond donors (Lipinski definition) is 0. The molecule has 0 aliphatic heterocycles. The lowest BCUT2D eigenvalue weighted by atomic mass is 10.00. The summed E-state index contributed by atoms with van der Waals surface area (Å²) < 4.78 is 6.63. The Labute approximate surface area is 108 Å². The van der Waals surface area contributed by atoms with Gasteiger partial charge in [0.25, 0.3) is 0 Å². The highest BCUT2D eigenvalue weighted by Crippen LogP contribution is 2.40. The third-order valence-electron chi connectivity index (χ3n) is 2.58. The number of aryl methyl sites for hydroxylation is 1. The lowest BCUT2D eigenvalue weighted by molar-refractivity contribution is 0.405. The van der Waals surface area contributed by atoms with Crippen LogP contribution in [0.15, 0.2) is 10.5 Å². The Kier molecular flexibility index (Phi) is 4.65. The first-order chi connectivity index (χ1) is 7.02. The maximum atomic E-state index is 5.48. The summed E-state index contributed by atoms with van der Waals surface area (Å²) in [5, 5.41) is 0. The molecule has 0 saturated heterocycles. The third kappa shape index (κ3) is 2.56. The van der Waals surface area contributed by atoms with Gasteiger partial charge in [-0.25, -0.2) is 0 Å². The average Bonchev–Trinajstić information content (AvgIpc) is 2.21. The zero-order valence-corrected chi connectivity index (χ0v) is 12.7. The molecule has 84 valence electrons. The van der Waals surface area contributed by atoms with Gasteiger partial charge in [0, 0.05) is 14.9 Å². The molecule has 0 aliphatic rings. The van der Waals surface area contributed by atoms with Crippen LogP contribution in [-0.2, 0) is 0 Å². The molecule has 3 heteroatoms. The fourth-order valence-electron chi connectivity index (χ4n) is 1.73. The number of methoxy groups -OCH3 is 1. The summed E-state index contributed by atoms with van der Waals surface area (Å²) in [6.07, 6.45) is 1.05. The van der Waals surface area contributed by atoms with Gasteiger partial charge in [-0.05, 0) is 37.5 Å². The Morgan fingerprint density at radius 2 is 2.00 bits per heavy atom. The fraction of sp³-hybridized carbons (Fsp3) is 0.500. The normalized spacial score (nSPS) is 12.7. The van der Waals surface area contributed by atoms with Gasteiger partial charge in [0.15, 0.2) is 0 Å². The van der Waals surface area contributed by atoms with Crippen molar-refractivity contribution in [3.63, 3.8) is 0 Å².